The number of nitrogens with zero attached hydrogens (tertiary/aromatic N) is 2. The van der Waals surface area contributed by atoms with Crippen LogP contribution in [0.1, 0.15) is 11.3 Å². The van der Waals surface area contributed by atoms with Crippen LogP contribution in [-0.2, 0) is 4.74 Å². The molecule has 1 aromatic heterocycles. The molecular formula is C12H20N4O2. The minimum Gasteiger partial charge on any atom is -0.389 e. The van der Waals surface area contributed by atoms with Crippen LogP contribution in [0.2, 0.25) is 0 Å². The molecule has 4 N–H and O–H groups in total. The molecule has 0 radical (unpaired) electrons. The number of anilines is 1. The monoisotopic (exact) mass is 252 g/mol. The molecule has 0 saturated heterocycles. The third-order valence-corrected chi connectivity index (χ3v) is 2.51. The number of nitrogen functional groups attached to an aromatic ring is 1. The number of hydrogen-bond donors (Lipinski definition) is 3. The summed E-state index contributed by atoms with van der Waals surface area (Å²) in [6.45, 7) is 2.49. The fourth-order valence-corrected chi connectivity index (χ4v) is 1.69. The second kappa shape index (κ2) is 6.32. The average molecular weight is 252 g/mol. The maximum absolute atomic E-state index is 9.70. The highest BCUT2D eigenvalue weighted by molar-refractivity contribution is 5.99. The number of aryl methyl sites for hydroxylation is 1. The van der Waals surface area contributed by atoms with Crippen molar-refractivity contribution >= 4 is 11.7 Å². The van der Waals surface area contributed by atoms with Crippen molar-refractivity contribution in [2.75, 3.05) is 32.2 Å². The number of nitrogens with one attached hydrogen (secondary N) is 1. The van der Waals surface area contributed by atoms with Crippen molar-refractivity contribution in [1.82, 2.24) is 4.98 Å². The number of nitrogens with two attached hydrogens (primary N) is 1. The molecule has 1 atom stereocenters. The molecule has 1 aromatic rings. The minimum atomic E-state index is -0.609. The van der Waals surface area contributed by atoms with E-state index in [1.165, 1.54) is 7.11 Å². The molecule has 0 aliphatic heterocycles. The standard InChI is InChI=1S/C12H20N4O2/c1-8-4-5-10(11(13)14)12(15-8)16(2)6-9(17)7-18-3/h4-5,9,17H,6-7H2,1-3H3,(H3,13,14). The molecule has 0 aliphatic carbocycles. The maximum Gasteiger partial charge on any atom is 0.139 e. The Bertz CT molecular complexity index is 423. The second-order valence-corrected chi connectivity index (χ2v) is 4.23. The van der Waals surface area contributed by atoms with Crippen LogP contribution in [0, 0.1) is 12.3 Å². The van der Waals surface area contributed by atoms with Gasteiger partial charge in [-0.2, -0.15) is 0 Å². The van der Waals surface area contributed by atoms with Crippen LogP contribution in [0.15, 0.2) is 12.1 Å². The van der Waals surface area contributed by atoms with Gasteiger partial charge in [0.2, 0.25) is 0 Å². The van der Waals surface area contributed by atoms with E-state index in [1.54, 1.807) is 24.1 Å². The van der Waals surface area contributed by atoms with Crippen molar-refractivity contribution < 1.29 is 9.84 Å². The number of aliphatic hydroxyl groups excluding tert-OH is 1. The molecule has 1 rings (SSSR count). The topological polar surface area (TPSA) is 95.5 Å². The molecule has 18 heavy (non-hydrogen) atoms. The first-order valence-corrected chi connectivity index (χ1v) is 5.66. The van der Waals surface area contributed by atoms with Gasteiger partial charge >= 0.3 is 0 Å². The Morgan fingerprint density at radius 3 is 2.83 bits per heavy atom. The summed E-state index contributed by atoms with van der Waals surface area (Å²) < 4.78 is 4.88. The molecule has 6 nitrogen and oxygen atoms in total. The van der Waals surface area contributed by atoms with E-state index in [1.807, 2.05) is 6.92 Å². The number of pyridine rings is 1. The molecule has 1 unspecified atom stereocenters. The van der Waals surface area contributed by atoms with E-state index in [0.717, 1.165) is 5.69 Å². The van der Waals surface area contributed by atoms with Crippen molar-refractivity contribution in [3.63, 3.8) is 0 Å². The molecule has 0 bridgehead atoms. The fourth-order valence-electron chi connectivity index (χ4n) is 1.69. The molecule has 0 aromatic carbocycles. The van der Waals surface area contributed by atoms with Crippen LogP contribution < -0.4 is 10.6 Å². The second-order valence-electron chi connectivity index (χ2n) is 4.23. The van der Waals surface area contributed by atoms with Crippen molar-refractivity contribution in [3.05, 3.63) is 23.4 Å². The number of likely N-dealkylation sites (N-methyl/N-ethyl adjacent to an activating group) is 1. The van der Waals surface area contributed by atoms with Crippen LogP contribution >= 0.6 is 0 Å². The van der Waals surface area contributed by atoms with Gasteiger partial charge in [-0.15, -0.1) is 0 Å². The number of hydrogen-bond acceptors (Lipinski definition) is 5. The highest BCUT2D eigenvalue weighted by Gasteiger charge is 2.15. The van der Waals surface area contributed by atoms with Gasteiger partial charge in [-0.3, -0.25) is 5.41 Å². The number of ether oxygens (including phenoxy) is 1. The first-order chi connectivity index (χ1) is 8.45. The van der Waals surface area contributed by atoms with Crippen molar-refractivity contribution in [2.24, 2.45) is 5.73 Å². The molecule has 0 spiro atoms. The zero-order chi connectivity index (χ0) is 13.7. The van der Waals surface area contributed by atoms with E-state index in [2.05, 4.69) is 4.98 Å². The lowest BCUT2D eigenvalue weighted by Gasteiger charge is -2.23. The molecule has 1 heterocycles. The summed E-state index contributed by atoms with van der Waals surface area (Å²) in [6, 6.07) is 3.57. The van der Waals surface area contributed by atoms with E-state index >= 15 is 0 Å². The third-order valence-electron chi connectivity index (χ3n) is 2.51. The van der Waals surface area contributed by atoms with E-state index in [-0.39, 0.29) is 12.4 Å². The molecule has 0 saturated carbocycles. The summed E-state index contributed by atoms with van der Waals surface area (Å²) >= 11 is 0. The summed E-state index contributed by atoms with van der Waals surface area (Å²) in [7, 11) is 3.34. The van der Waals surface area contributed by atoms with Crippen molar-refractivity contribution in [3.8, 4) is 0 Å². The Labute approximate surface area is 107 Å². The lowest BCUT2D eigenvalue weighted by Crippen LogP contribution is -2.34. The van der Waals surface area contributed by atoms with E-state index < -0.39 is 6.10 Å². The Kier molecular flexibility index (Phi) is 5.06. The van der Waals surface area contributed by atoms with E-state index in [4.69, 9.17) is 15.9 Å². The summed E-state index contributed by atoms with van der Waals surface area (Å²) in [5.41, 5.74) is 6.92. The fraction of sp³-hybridized carbons (Fsp3) is 0.500. The van der Waals surface area contributed by atoms with Gasteiger partial charge in [0.05, 0.1) is 18.3 Å². The largest absolute Gasteiger partial charge is 0.389 e. The molecule has 0 aliphatic rings. The first kappa shape index (κ1) is 14.4. The highest BCUT2D eigenvalue weighted by Crippen LogP contribution is 2.17. The molecule has 100 valence electrons. The lowest BCUT2D eigenvalue weighted by molar-refractivity contribution is 0.0694. The van der Waals surface area contributed by atoms with Gasteiger partial charge in [-0.25, -0.2) is 4.98 Å². The van der Waals surface area contributed by atoms with Gasteiger partial charge in [0.15, 0.2) is 0 Å². The normalized spacial score (nSPS) is 12.2. The predicted octanol–water partition coefficient (Wildman–Crippen LogP) is 0.118. The Morgan fingerprint density at radius 1 is 1.61 bits per heavy atom. The van der Waals surface area contributed by atoms with Gasteiger partial charge in [0, 0.05) is 26.4 Å². The lowest BCUT2D eigenvalue weighted by atomic mass is 10.2. The number of amidine groups is 1. The maximum atomic E-state index is 9.70. The summed E-state index contributed by atoms with van der Waals surface area (Å²) in [5.74, 6) is 0.559. The highest BCUT2D eigenvalue weighted by atomic mass is 16.5. The van der Waals surface area contributed by atoms with Gasteiger partial charge in [0.1, 0.15) is 11.7 Å². The first-order valence-electron chi connectivity index (χ1n) is 5.66. The molecule has 0 amide bonds. The van der Waals surface area contributed by atoms with Crippen LogP contribution in [0.3, 0.4) is 0 Å². The smallest absolute Gasteiger partial charge is 0.139 e. The Balaban J connectivity index is 2.93. The van der Waals surface area contributed by atoms with Crippen molar-refractivity contribution in [2.45, 2.75) is 13.0 Å². The number of aliphatic hydroxyl groups is 1. The molecular weight excluding hydrogens is 232 g/mol. The number of rotatable bonds is 6. The van der Waals surface area contributed by atoms with Crippen LogP contribution in [-0.4, -0.2) is 49.3 Å². The SMILES string of the molecule is COCC(O)CN(C)c1nc(C)ccc1C(=N)N. The van der Waals surface area contributed by atoms with E-state index in [9.17, 15) is 5.11 Å². The zero-order valence-electron chi connectivity index (χ0n) is 11.0. The quantitative estimate of drug-likeness (QED) is 0.493. The zero-order valence-corrected chi connectivity index (χ0v) is 11.0. The van der Waals surface area contributed by atoms with Gasteiger partial charge in [-0.1, -0.05) is 0 Å². The van der Waals surface area contributed by atoms with Crippen LogP contribution in [0.4, 0.5) is 5.82 Å². The summed E-state index contributed by atoms with van der Waals surface area (Å²) in [6.07, 6.45) is -0.609. The number of aromatic nitrogens is 1. The van der Waals surface area contributed by atoms with Crippen molar-refractivity contribution in [1.29, 1.82) is 5.41 Å². The van der Waals surface area contributed by atoms with Gasteiger partial charge in [-0.05, 0) is 19.1 Å². The molecule has 0 fully saturated rings. The molecule has 6 heteroatoms. The summed E-state index contributed by atoms with van der Waals surface area (Å²) in [5, 5.41) is 17.2. The van der Waals surface area contributed by atoms with Crippen LogP contribution in [0.25, 0.3) is 0 Å². The Morgan fingerprint density at radius 2 is 2.28 bits per heavy atom. The predicted molar refractivity (Wildman–Crippen MR) is 71.1 cm³/mol. The third kappa shape index (κ3) is 3.68. The van der Waals surface area contributed by atoms with Gasteiger partial charge in [0.25, 0.3) is 0 Å². The Hall–Kier alpha value is -1.66. The average Bonchev–Trinajstić information content (AvgIpc) is 2.28. The van der Waals surface area contributed by atoms with E-state index in [0.29, 0.717) is 17.9 Å². The van der Waals surface area contributed by atoms with Crippen LogP contribution in [0.5, 0.6) is 0 Å². The summed E-state index contributed by atoms with van der Waals surface area (Å²) in [4.78, 5) is 6.13. The minimum absolute atomic E-state index is 0.0365. The van der Waals surface area contributed by atoms with Gasteiger partial charge < -0.3 is 20.5 Å². The number of methoxy groups -OCH3 is 1.